The molecule has 0 unspecified atom stereocenters. The molecule has 0 bridgehead atoms. The molecule has 1 aromatic carbocycles. The molecule has 0 aliphatic carbocycles. The van der Waals surface area contributed by atoms with Crippen molar-refractivity contribution in [1.29, 1.82) is 0 Å². The molecule has 0 N–H and O–H groups in total. The molecule has 1 amide bonds. The zero-order valence-corrected chi connectivity index (χ0v) is 21.2. The Balaban J connectivity index is 1.45. The summed E-state index contributed by atoms with van der Waals surface area (Å²) in [6.07, 6.45) is 3.52. The highest BCUT2D eigenvalue weighted by atomic mass is 32.1. The van der Waals surface area contributed by atoms with Crippen LogP contribution >= 0.6 is 11.3 Å². The van der Waals surface area contributed by atoms with E-state index < -0.39 is 0 Å². The summed E-state index contributed by atoms with van der Waals surface area (Å²) in [6.45, 7) is 14.3. The van der Waals surface area contributed by atoms with Crippen LogP contribution in [0.2, 0.25) is 0 Å². The number of ether oxygens (including phenoxy) is 1. The number of amides is 1. The van der Waals surface area contributed by atoms with E-state index in [1.54, 1.807) is 11.3 Å². The van der Waals surface area contributed by atoms with E-state index in [0.717, 1.165) is 68.6 Å². The van der Waals surface area contributed by atoms with E-state index >= 15 is 0 Å². The van der Waals surface area contributed by atoms with Crippen molar-refractivity contribution >= 4 is 22.2 Å². The number of aryl methyl sites for hydroxylation is 1. The van der Waals surface area contributed by atoms with Crippen molar-refractivity contribution in [3.05, 3.63) is 47.1 Å². The lowest BCUT2D eigenvalue weighted by atomic mass is 9.91. The van der Waals surface area contributed by atoms with Crippen LogP contribution in [0.4, 0.5) is 0 Å². The van der Waals surface area contributed by atoms with E-state index in [0.29, 0.717) is 6.42 Å². The molecule has 0 atom stereocenters. The van der Waals surface area contributed by atoms with Crippen molar-refractivity contribution in [2.24, 2.45) is 5.41 Å². The lowest BCUT2D eigenvalue weighted by Gasteiger charge is -2.31. The first kappa shape index (κ1) is 23.9. The molecule has 1 fully saturated rings. The summed E-state index contributed by atoms with van der Waals surface area (Å²) in [5, 5.41) is 2.18. The summed E-state index contributed by atoms with van der Waals surface area (Å²) in [5.74, 6) is 0.244. The van der Waals surface area contributed by atoms with Gasteiger partial charge in [-0.1, -0.05) is 50.6 Å². The molecule has 2 aromatic heterocycles. The number of hydrogen-bond donors (Lipinski definition) is 0. The summed E-state index contributed by atoms with van der Waals surface area (Å²) < 4.78 is 7.66. The standard InChI is InChI=1S/C26H36N4O2S/c1-20-5-7-21(8-6-20)23-18-30-22(19-33-25(30)27-23)9-10-29(24(31)17-26(2,3)4)12-11-28-13-15-32-16-14-28/h5-8,18-19H,9-17H2,1-4H3. The molecule has 1 saturated heterocycles. The molecule has 3 aromatic rings. The van der Waals surface area contributed by atoms with Crippen LogP contribution in [0.1, 0.15) is 38.4 Å². The lowest BCUT2D eigenvalue weighted by Crippen LogP contribution is -2.44. The van der Waals surface area contributed by atoms with Crippen molar-refractivity contribution in [3.63, 3.8) is 0 Å². The van der Waals surface area contributed by atoms with E-state index in [9.17, 15) is 4.79 Å². The minimum atomic E-state index is -0.0166. The van der Waals surface area contributed by atoms with Gasteiger partial charge < -0.3 is 9.64 Å². The molecule has 4 rings (SSSR count). The third kappa shape index (κ3) is 6.43. The molecule has 178 valence electrons. The molecule has 1 aliphatic rings. The normalized spacial score (nSPS) is 15.3. The Hall–Kier alpha value is -2.22. The smallest absolute Gasteiger partial charge is 0.223 e. The highest BCUT2D eigenvalue weighted by Gasteiger charge is 2.22. The quantitative estimate of drug-likeness (QED) is 0.488. The molecule has 1 aliphatic heterocycles. The fourth-order valence-electron chi connectivity index (χ4n) is 4.14. The second kappa shape index (κ2) is 10.4. The third-order valence-electron chi connectivity index (χ3n) is 6.09. The van der Waals surface area contributed by atoms with E-state index in [1.807, 2.05) is 0 Å². The predicted octanol–water partition coefficient (Wildman–Crippen LogP) is 4.51. The SMILES string of the molecule is Cc1ccc(-c2cn3c(CCN(CCN4CCOCC4)C(=O)CC(C)(C)C)csc3n2)cc1. The second-order valence-electron chi connectivity index (χ2n) is 10.2. The van der Waals surface area contributed by atoms with Crippen molar-refractivity contribution in [3.8, 4) is 11.3 Å². The minimum Gasteiger partial charge on any atom is -0.379 e. The van der Waals surface area contributed by atoms with Crippen LogP contribution in [0, 0.1) is 12.3 Å². The Labute approximate surface area is 201 Å². The number of hydrogen-bond acceptors (Lipinski definition) is 5. The first-order chi connectivity index (χ1) is 15.8. The summed E-state index contributed by atoms with van der Waals surface area (Å²) in [4.78, 5) is 23.4. The molecule has 33 heavy (non-hydrogen) atoms. The van der Waals surface area contributed by atoms with Gasteiger partial charge in [0.15, 0.2) is 4.96 Å². The van der Waals surface area contributed by atoms with E-state index in [4.69, 9.17) is 9.72 Å². The van der Waals surface area contributed by atoms with Crippen LogP contribution in [-0.4, -0.2) is 71.0 Å². The average Bonchev–Trinajstić information content (AvgIpc) is 3.35. The number of carbonyl (C=O) groups is 1. The number of morpholine rings is 1. The van der Waals surface area contributed by atoms with Crippen LogP contribution < -0.4 is 0 Å². The van der Waals surface area contributed by atoms with Crippen molar-refractivity contribution in [2.45, 2.75) is 40.5 Å². The van der Waals surface area contributed by atoms with Gasteiger partial charge in [-0.2, -0.15) is 0 Å². The lowest BCUT2D eigenvalue weighted by molar-refractivity contribution is -0.133. The van der Waals surface area contributed by atoms with Gasteiger partial charge in [0.25, 0.3) is 0 Å². The van der Waals surface area contributed by atoms with Gasteiger partial charge in [-0.15, -0.1) is 11.3 Å². The molecule has 0 radical (unpaired) electrons. The fraction of sp³-hybridized carbons (Fsp3) is 0.538. The molecule has 0 saturated carbocycles. The first-order valence-electron chi connectivity index (χ1n) is 11.9. The number of aromatic nitrogens is 2. The van der Waals surface area contributed by atoms with Gasteiger partial charge in [0.2, 0.25) is 5.91 Å². The summed E-state index contributed by atoms with van der Waals surface area (Å²) in [5.41, 5.74) is 4.57. The van der Waals surface area contributed by atoms with Crippen LogP contribution in [0.25, 0.3) is 16.2 Å². The zero-order chi connectivity index (χ0) is 23.4. The largest absolute Gasteiger partial charge is 0.379 e. The molecule has 3 heterocycles. The zero-order valence-electron chi connectivity index (χ0n) is 20.3. The Bertz CT molecular complexity index is 1060. The van der Waals surface area contributed by atoms with E-state index in [2.05, 4.69) is 77.7 Å². The number of rotatable bonds is 8. The number of thiazole rings is 1. The minimum absolute atomic E-state index is 0.0166. The van der Waals surface area contributed by atoms with Gasteiger partial charge in [0, 0.05) is 68.4 Å². The highest BCUT2D eigenvalue weighted by Crippen LogP contribution is 2.25. The number of imidazole rings is 1. The van der Waals surface area contributed by atoms with Crippen molar-refractivity contribution in [2.75, 3.05) is 45.9 Å². The van der Waals surface area contributed by atoms with Gasteiger partial charge in [-0.05, 0) is 12.3 Å². The van der Waals surface area contributed by atoms with Gasteiger partial charge >= 0.3 is 0 Å². The maximum atomic E-state index is 13.1. The van der Waals surface area contributed by atoms with Crippen LogP contribution in [0.3, 0.4) is 0 Å². The highest BCUT2D eigenvalue weighted by molar-refractivity contribution is 7.15. The maximum Gasteiger partial charge on any atom is 0.223 e. The number of carbonyl (C=O) groups excluding carboxylic acids is 1. The number of nitrogens with zero attached hydrogens (tertiary/aromatic N) is 4. The topological polar surface area (TPSA) is 50.1 Å². The van der Waals surface area contributed by atoms with Crippen LogP contribution in [0.15, 0.2) is 35.8 Å². The van der Waals surface area contributed by atoms with Crippen molar-refractivity contribution in [1.82, 2.24) is 19.2 Å². The van der Waals surface area contributed by atoms with Gasteiger partial charge in [0.1, 0.15) is 0 Å². The second-order valence-corrected chi connectivity index (χ2v) is 11.0. The summed E-state index contributed by atoms with van der Waals surface area (Å²) in [7, 11) is 0. The first-order valence-corrected chi connectivity index (χ1v) is 12.8. The van der Waals surface area contributed by atoms with Gasteiger partial charge in [-0.25, -0.2) is 4.98 Å². The van der Waals surface area contributed by atoms with Crippen molar-refractivity contribution < 1.29 is 9.53 Å². The Morgan fingerprint density at radius 3 is 2.58 bits per heavy atom. The Morgan fingerprint density at radius 2 is 1.88 bits per heavy atom. The fourth-order valence-corrected chi connectivity index (χ4v) is 5.04. The molecule has 6 nitrogen and oxygen atoms in total. The number of benzene rings is 1. The number of fused-ring (bicyclic) bond motifs is 1. The monoisotopic (exact) mass is 468 g/mol. The maximum absolute atomic E-state index is 13.1. The van der Waals surface area contributed by atoms with Crippen LogP contribution in [0.5, 0.6) is 0 Å². The molecular weight excluding hydrogens is 432 g/mol. The van der Waals surface area contributed by atoms with Gasteiger partial charge in [0.05, 0.1) is 18.9 Å². The van der Waals surface area contributed by atoms with Crippen LogP contribution in [-0.2, 0) is 16.0 Å². The molecular formula is C26H36N4O2S. The molecule has 7 heteroatoms. The van der Waals surface area contributed by atoms with Gasteiger partial charge in [-0.3, -0.25) is 14.1 Å². The Kier molecular flexibility index (Phi) is 7.51. The molecule has 0 spiro atoms. The summed E-state index contributed by atoms with van der Waals surface area (Å²) in [6, 6.07) is 8.49. The average molecular weight is 469 g/mol. The van der Waals surface area contributed by atoms with E-state index in [1.165, 1.54) is 11.3 Å². The Morgan fingerprint density at radius 1 is 1.15 bits per heavy atom. The summed E-state index contributed by atoms with van der Waals surface area (Å²) >= 11 is 1.67. The van der Waals surface area contributed by atoms with E-state index in [-0.39, 0.29) is 11.3 Å². The third-order valence-corrected chi connectivity index (χ3v) is 6.98. The predicted molar refractivity (Wildman–Crippen MR) is 135 cm³/mol.